The summed E-state index contributed by atoms with van der Waals surface area (Å²) in [4.78, 5) is 38.1. The van der Waals surface area contributed by atoms with Crippen LogP contribution in [-0.4, -0.2) is 39.6 Å². The van der Waals surface area contributed by atoms with Crippen molar-refractivity contribution in [1.82, 2.24) is 14.1 Å². The lowest BCUT2D eigenvalue weighted by molar-refractivity contribution is 0.0975. The van der Waals surface area contributed by atoms with Gasteiger partial charge in [0, 0.05) is 37.2 Å². The van der Waals surface area contributed by atoms with Gasteiger partial charge in [-0.1, -0.05) is 18.2 Å². The van der Waals surface area contributed by atoms with E-state index in [-0.39, 0.29) is 11.6 Å². The number of benzene rings is 2. The zero-order valence-corrected chi connectivity index (χ0v) is 16.3. The van der Waals surface area contributed by atoms with Gasteiger partial charge in [-0.3, -0.25) is 14.3 Å². The van der Waals surface area contributed by atoms with E-state index in [4.69, 9.17) is 0 Å². The van der Waals surface area contributed by atoms with E-state index < -0.39 is 5.69 Å². The first-order valence-corrected chi connectivity index (χ1v) is 9.85. The second-order valence-electron chi connectivity index (χ2n) is 7.28. The molecule has 2 aromatic carbocycles. The van der Waals surface area contributed by atoms with Crippen molar-refractivity contribution in [2.24, 2.45) is 5.29 Å². The van der Waals surface area contributed by atoms with Crippen LogP contribution < -0.4 is 5.69 Å². The van der Waals surface area contributed by atoms with Crippen molar-refractivity contribution in [2.45, 2.75) is 19.3 Å². The normalized spacial score (nSPS) is 14.6. The molecule has 0 spiro atoms. The van der Waals surface area contributed by atoms with Crippen molar-refractivity contribution in [3.8, 4) is 0 Å². The maximum atomic E-state index is 13.0. The SMILES string of the molecule is O=Nn1c(=O)n(C2=CCN(CCCC(=O)c3ccc(F)cc3)CC2)c2ccccc21. The third kappa shape index (κ3) is 3.86. The number of Topliss-reactive ketones (excluding diaryl/α,β-unsaturated/α-hetero) is 1. The molecule has 0 unspecified atom stereocenters. The predicted octanol–water partition coefficient (Wildman–Crippen LogP) is 3.68. The zero-order valence-electron chi connectivity index (χ0n) is 16.3. The molecule has 1 aromatic heterocycles. The maximum absolute atomic E-state index is 13.0. The molecule has 0 saturated carbocycles. The van der Waals surface area contributed by atoms with E-state index in [9.17, 15) is 18.9 Å². The summed E-state index contributed by atoms with van der Waals surface area (Å²) in [6.07, 6.45) is 3.73. The molecule has 0 atom stereocenters. The standard InChI is InChI=1S/C22H21FN4O3/c23-17-9-7-16(8-10-17)21(28)6-3-13-25-14-11-18(12-15-25)26-19-4-1-2-5-20(19)27(24-30)22(26)29/h1-2,4-5,7-11H,3,6,12-15H2. The van der Waals surface area contributed by atoms with E-state index in [1.165, 1.54) is 24.3 Å². The largest absolute Gasteiger partial charge is 0.356 e. The van der Waals surface area contributed by atoms with Gasteiger partial charge in [-0.15, -0.1) is 9.58 Å². The summed E-state index contributed by atoms with van der Waals surface area (Å²) in [6.45, 7) is 2.15. The van der Waals surface area contributed by atoms with Crippen LogP contribution in [0.3, 0.4) is 0 Å². The molecule has 0 bridgehead atoms. The Balaban J connectivity index is 1.39. The summed E-state index contributed by atoms with van der Waals surface area (Å²) in [5, 5.41) is 2.86. The molecule has 154 valence electrons. The van der Waals surface area contributed by atoms with Crippen molar-refractivity contribution in [3.05, 3.63) is 81.4 Å². The van der Waals surface area contributed by atoms with E-state index in [0.29, 0.717) is 42.4 Å². The van der Waals surface area contributed by atoms with Crippen LogP contribution in [0.5, 0.6) is 0 Å². The lowest BCUT2D eigenvalue weighted by Crippen LogP contribution is -2.32. The second kappa shape index (κ2) is 8.54. The highest BCUT2D eigenvalue weighted by Gasteiger charge is 2.20. The number of para-hydroxylation sites is 2. The van der Waals surface area contributed by atoms with Gasteiger partial charge in [0.1, 0.15) is 5.82 Å². The number of hydrogen-bond donors (Lipinski definition) is 0. The van der Waals surface area contributed by atoms with Gasteiger partial charge in [0.15, 0.2) is 5.78 Å². The molecule has 1 aliphatic rings. The number of fused-ring (bicyclic) bond motifs is 1. The minimum Gasteiger partial charge on any atom is -0.299 e. The smallest absolute Gasteiger partial charge is 0.299 e. The van der Waals surface area contributed by atoms with Gasteiger partial charge in [-0.2, -0.15) is 0 Å². The lowest BCUT2D eigenvalue weighted by atomic mass is 10.1. The molecular formula is C22H21FN4O3. The Morgan fingerprint density at radius 1 is 1.07 bits per heavy atom. The first-order valence-electron chi connectivity index (χ1n) is 9.85. The maximum Gasteiger partial charge on any atom is 0.356 e. The molecule has 3 aromatic rings. The molecule has 0 amide bonds. The Bertz CT molecular complexity index is 1180. The quantitative estimate of drug-likeness (QED) is 0.441. The molecule has 0 aliphatic carbocycles. The van der Waals surface area contributed by atoms with Crippen LogP contribution in [0.25, 0.3) is 16.7 Å². The summed E-state index contributed by atoms with van der Waals surface area (Å²) >= 11 is 0. The summed E-state index contributed by atoms with van der Waals surface area (Å²) in [6, 6.07) is 12.7. The third-order valence-corrected chi connectivity index (χ3v) is 5.41. The van der Waals surface area contributed by atoms with E-state index in [2.05, 4.69) is 10.2 Å². The second-order valence-corrected chi connectivity index (χ2v) is 7.28. The predicted molar refractivity (Wildman–Crippen MR) is 113 cm³/mol. The number of imidazole rings is 1. The summed E-state index contributed by atoms with van der Waals surface area (Å²) in [5.74, 6) is -0.349. The first kappa shape index (κ1) is 19.9. The van der Waals surface area contributed by atoms with Gasteiger partial charge in [0.05, 0.1) is 16.3 Å². The number of rotatable bonds is 7. The highest BCUT2D eigenvalue weighted by molar-refractivity contribution is 5.95. The highest BCUT2D eigenvalue weighted by atomic mass is 19.1. The van der Waals surface area contributed by atoms with Crippen molar-refractivity contribution in [1.29, 1.82) is 0 Å². The van der Waals surface area contributed by atoms with Crippen molar-refractivity contribution in [2.75, 3.05) is 19.6 Å². The molecule has 4 rings (SSSR count). The van der Waals surface area contributed by atoms with Gasteiger partial charge in [0.25, 0.3) is 0 Å². The number of carbonyl (C=O) groups excluding carboxylic acids is 1. The fraction of sp³-hybridized carbons (Fsp3) is 0.273. The number of hydrogen-bond acceptors (Lipinski definition) is 5. The van der Waals surface area contributed by atoms with E-state index in [1.807, 2.05) is 12.1 Å². The molecule has 2 heterocycles. The van der Waals surface area contributed by atoms with Crippen LogP contribution in [-0.2, 0) is 0 Å². The van der Waals surface area contributed by atoms with Crippen LogP contribution in [0.15, 0.2) is 64.7 Å². The zero-order chi connectivity index (χ0) is 21.1. The van der Waals surface area contributed by atoms with Gasteiger partial charge in [-0.05, 0) is 49.4 Å². The summed E-state index contributed by atoms with van der Waals surface area (Å²) in [5.41, 5.74) is 2.05. The third-order valence-electron chi connectivity index (χ3n) is 5.41. The van der Waals surface area contributed by atoms with Crippen LogP contribution in [0.4, 0.5) is 4.39 Å². The number of carbonyl (C=O) groups is 1. The highest BCUT2D eigenvalue weighted by Crippen LogP contribution is 2.21. The first-order chi connectivity index (χ1) is 14.6. The molecule has 0 radical (unpaired) electrons. The Kier molecular flexibility index (Phi) is 5.67. The number of nitrogens with zero attached hydrogens (tertiary/aromatic N) is 4. The van der Waals surface area contributed by atoms with Crippen LogP contribution in [0.1, 0.15) is 29.6 Å². The number of aromatic nitrogens is 2. The van der Waals surface area contributed by atoms with Crippen molar-refractivity contribution < 1.29 is 9.18 Å². The van der Waals surface area contributed by atoms with Crippen LogP contribution in [0.2, 0.25) is 0 Å². The lowest BCUT2D eigenvalue weighted by Gasteiger charge is -2.26. The van der Waals surface area contributed by atoms with Gasteiger partial charge in [0.2, 0.25) is 0 Å². The fourth-order valence-corrected chi connectivity index (χ4v) is 3.84. The van der Waals surface area contributed by atoms with Crippen molar-refractivity contribution >= 4 is 22.5 Å². The Hall–Kier alpha value is -3.39. The van der Waals surface area contributed by atoms with Gasteiger partial charge < -0.3 is 0 Å². The minimum absolute atomic E-state index is 0.00367. The molecule has 8 heteroatoms. The Morgan fingerprint density at radius 2 is 1.80 bits per heavy atom. The average molecular weight is 408 g/mol. The Labute approximate surface area is 172 Å². The van der Waals surface area contributed by atoms with E-state index in [0.717, 1.165) is 23.5 Å². The Morgan fingerprint density at radius 3 is 2.47 bits per heavy atom. The van der Waals surface area contributed by atoms with E-state index >= 15 is 0 Å². The van der Waals surface area contributed by atoms with Gasteiger partial charge >= 0.3 is 5.69 Å². The molecule has 0 saturated heterocycles. The molecule has 0 N–H and O–H groups in total. The van der Waals surface area contributed by atoms with Crippen LogP contribution in [0, 0.1) is 10.7 Å². The molecule has 7 nitrogen and oxygen atoms in total. The fourth-order valence-electron chi connectivity index (χ4n) is 3.84. The number of nitroso groups, excluding NO2 is 1. The van der Waals surface area contributed by atoms with Crippen molar-refractivity contribution in [3.63, 3.8) is 0 Å². The molecule has 1 aliphatic heterocycles. The summed E-state index contributed by atoms with van der Waals surface area (Å²) < 4.78 is 15.4. The van der Waals surface area contributed by atoms with Gasteiger partial charge in [-0.25, -0.2) is 9.18 Å². The van der Waals surface area contributed by atoms with Crippen LogP contribution >= 0.6 is 0 Å². The average Bonchev–Trinajstić information content (AvgIpc) is 3.05. The summed E-state index contributed by atoms with van der Waals surface area (Å²) in [7, 11) is 0. The molecule has 30 heavy (non-hydrogen) atoms. The molecular weight excluding hydrogens is 387 g/mol. The minimum atomic E-state index is -0.462. The number of ketones is 1. The monoisotopic (exact) mass is 408 g/mol. The topological polar surface area (TPSA) is 76.7 Å². The van der Waals surface area contributed by atoms with E-state index in [1.54, 1.807) is 22.8 Å². The molecule has 0 fully saturated rings. The number of halogens is 1.